The SMILES string of the molecule is CC(=O)O[C@@H]1C[C@@]23C[C@@]24CC[C@H](O[C@@H]2OC[C@@H](O)[C@H](O)[C@H]2O)C(C)(C)[C@@H]4CC[C@H]3[C@]2(C)C[C@@H]3O[C@]4(C[C@@H](C)[C@@H]3[C@@]12C)O[C@@H](OC(=O)CCC(=O)O)[C@@]1(C)O[C@@H]41. The van der Waals surface area contributed by atoms with Crippen molar-refractivity contribution in [2.24, 2.45) is 50.7 Å². The smallest absolute Gasteiger partial charge is 0.308 e. The number of ether oxygens (including phenoxy) is 7. The molecular formula is C41H60O14. The van der Waals surface area contributed by atoms with Crippen LogP contribution >= 0.6 is 0 Å². The van der Waals surface area contributed by atoms with Crippen molar-refractivity contribution in [1.29, 1.82) is 0 Å². The average molecular weight is 777 g/mol. The van der Waals surface area contributed by atoms with Crippen LogP contribution in [-0.2, 0) is 47.5 Å². The molecule has 308 valence electrons. The number of aliphatic hydroxyl groups excluding tert-OH is 3. The van der Waals surface area contributed by atoms with Gasteiger partial charge in [0.15, 0.2) is 11.9 Å². The van der Waals surface area contributed by atoms with Gasteiger partial charge in [-0.1, -0.05) is 34.6 Å². The third kappa shape index (κ3) is 5.04. The average Bonchev–Trinajstić information content (AvgIpc) is 3.93. The lowest BCUT2D eigenvalue weighted by molar-refractivity contribution is -0.347. The van der Waals surface area contributed by atoms with Gasteiger partial charge in [0.1, 0.15) is 30.5 Å². The fraction of sp³-hybridized carbons (Fsp3) is 0.927. The molecule has 4 N–H and O–H groups in total. The summed E-state index contributed by atoms with van der Waals surface area (Å²) < 4.78 is 44.2. The number of epoxide rings is 1. The van der Waals surface area contributed by atoms with E-state index in [1.54, 1.807) is 0 Å². The van der Waals surface area contributed by atoms with E-state index in [1.807, 2.05) is 6.92 Å². The second kappa shape index (κ2) is 12.1. The summed E-state index contributed by atoms with van der Waals surface area (Å²) in [6.07, 6.45) is -0.752. The summed E-state index contributed by atoms with van der Waals surface area (Å²) in [7, 11) is 0. The van der Waals surface area contributed by atoms with Gasteiger partial charge >= 0.3 is 17.9 Å². The highest BCUT2D eigenvalue weighted by atomic mass is 16.9. The highest BCUT2D eigenvalue weighted by molar-refractivity contribution is 5.76. The van der Waals surface area contributed by atoms with Gasteiger partial charge in [-0.3, -0.25) is 14.4 Å². The maximum absolute atomic E-state index is 13.0. The molecule has 0 unspecified atom stereocenters. The minimum atomic E-state index is -1.34. The summed E-state index contributed by atoms with van der Waals surface area (Å²) in [6.45, 7) is 14.8. The number of carbonyl (C=O) groups excluding carboxylic acids is 2. The minimum absolute atomic E-state index is 0.0284. The first-order chi connectivity index (χ1) is 25.7. The maximum atomic E-state index is 13.0. The number of rotatable bonds is 7. The number of hydrogen-bond donors (Lipinski definition) is 4. The molecule has 3 spiro atoms. The quantitative estimate of drug-likeness (QED) is 0.167. The molecule has 0 aromatic rings. The normalized spacial score (nSPS) is 56.5. The third-order valence-electron chi connectivity index (χ3n) is 17.5. The van der Waals surface area contributed by atoms with Crippen molar-refractivity contribution >= 4 is 17.9 Å². The summed E-state index contributed by atoms with van der Waals surface area (Å²) in [5.41, 5.74) is -1.76. The Kier molecular flexibility index (Phi) is 8.48. The number of carboxylic acid groups (broad SMARTS) is 1. The van der Waals surface area contributed by atoms with Crippen LogP contribution in [0.2, 0.25) is 0 Å². The van der Waals surface area contributed by atoms with Crippen molar-refractivity contribution < 1.29 is 68.0 Å². The predicted octanol–water partition coefficient (Wildman–Crippen LogP) is 3.44. The molecule has 19 atom stereocenters. The van der Waals surface area contributed by atoms with Crippen LogP contribution in [0, 0.1) is 50.7 Å². The lowest BCUT2D eigenvalue weighted by Crippen LogP contribution is -2.64. The molecule has 0 aromatic heterocycles. The number of hydrogen-bond acceptors (Lipinski definition) is 13. The molecule has 0 amide bonds. The Hall–Kier alpha value is -1.91. The molecule has 0 radical (unpaired) electrons. The molecule has 0 aromatic carbocycles. The Labute approximate surface area is 322 Å². The van der Waals surface area contributed by atoms with Gasteiger partial charge in [0.2, 0.25) is 12.1 Å². The predicted molar refractivity (Wildman–Crippen MR) is 188 cm³/mol. The number of carbonyl (C=O) groups is 3. The standard InChI is InChI=1S/C41H60O14/c1-19-14-41(33-38(7,54-33)34(55-41)52-28(46)11-10-27(44)45)53-22-15-36(5)24-9-8-23-35(3,4)25(51-32-31(48)30(47)21(43)17-49-32)12-13-39(23)18-40(24,39)16-26(50-20(2)42)37(36,6)29(19)22/h19,21-26,29-34,43,47-48H,8-18H2,1-7H3,(H,44,45)/t19-,21-,22+,23+,24+,25+,26-,29+,30+,31-,32+,33-,34-,36+,37-,38+,39-,40+,41-/m1/s1. The molecule has 9 fully saturated rings. The molecule has 5 aliphatic carbocycles. The van der Waals surface area contributed by atoms with Crippen molar-refractivity contribution in [3.63, 3.8) is 0 Å². The number of fused-ring (bicyclic) bond motifs is 6. The van der Waals surface area contributed by atoms with Crippen LogP contribution in [-0.4, -0.2) is 112 Å². The van der Waals surface area contributed by atoms with E-state index in [0.29, 0.717) is 18.3 Å². The summed E-state index contributed by atoms with van der Waals surface area (Å²) in [5, 5.41) is 40.1. The Morgan fingerprint density at radius 1 is 0.818 bits per heavy atom. The number of aliphatic hydroxyl groups is 3. The second-order valence-corrected chi connectivity index (χ2v) is 20.3. The van der Waals surface area contributed by atoms with Crippen LogP contribution in [0.25, 0.3) is 0 Å². The summed E-state index contributed by atoms with van der Waals surface area (Å²) in [4.78, 5) is 36.7. The summed E-state index contributed by atoms with van der Waals surface area (Å²) >= 11 is 0. The number of carboxylic acids is 1. The van der Waals surface area contributed by atoms with Crippen LogP contribution in [0.5, 0.6) is 0 Å². The molecule has 14 nitrogen and oxygen atoms in total. The lowest BCUT2D eigenvalue weighted by Gasteiger charge is -2.65. The van der Waals surface area contributed by atoms with Gasteiger partial charge in [-0.05, 0) is 97.2 Å². The lowest BCUT2D eigenvalue weighted by atomic mass is 9.41. The Balaban J connectivity index is 0.987. The zero-order valence-corrected chi connectivity index (χ0v) is 33.2. The van der Waals surface area contributed by atoms with Gasteiger partial charge < -0.3 is 53.6 Å². The first-order valence-corrected chi connectivity index (χ1v) is 20.6. The highest BCUT2D eigenvalue weighted by Crippen LogP contribution is 2.89. The van der Waals surface area contributed by atoms with E-state index in [9.17, 15) is 29.7 Å². The Morgan fingerprint density at radius 3 is 2.25 bits per heavy atom. The highest BCUT2D eigenvalue weighted by Gasteiger charge is 2.87. The van der Waals surface area contributed by atoms with Crippen LogP contribution in [0.3, 0.4) is 0 Å². The first kappa shape index (κ1) is 38.6. The molecule has 5 saturated carbocycles. The molecule has 55 heavy (non-hydrogen) atoms. The van der Waals surface area contributed by atoms with Gasteiger partial charge in [-0.2, -0.15) is 0 Å². The summed E-state index contributed by atoms with van der Waals surface area (Å²) in [6, 6.07) is 0. The zero-order valence-electron chi connectivity index (χ0n) is 33.2. The Bertz CT molecular complexity index is 1640. The first-order valence-electron chi connectivity index (χ1n) is 20.6. The van der Waals surface area contributed by atoms with Crippen molar-refractivity contribution in [3.8, 4) is 0 Å². The van der Waals surface area contributed by atoms with Crippen LogP contribution in [0.15, 0.2) is 0 Å². The Morgan fingerprint density at radius 2 is 1.55 bits per heavy atom. The molecule has 9 aliphatic rings. The topological polar surface area (TPSA) is 200 Å². The van der Waals surface area contributed by atoms with Gasteiger partial charge in [-0.15, -0.1) is 0 Å². The fourth-order valence-electron chi connectivity index (χ4n) is 15.1. The molecule has 14 heteroatoms. The summed E-state index contributed by atoms with van der Waals surface area (Å²) in [5.74, 6) is -2.27. The number of esters is 2. The second-order valence-electron chi connectivity index (χ2n) is 20.3. The van der Waals surface area contributed by atoms with Gasteiger partial charge in [0, 0.05) is 18.8 Å². The third-order valence-corrected chi connectivity index (χ3v) is 17.5. The molecule has 4 saturated heterocycles. The number of aliphatic carboxylic acids is 1. The maximum Gasteiger partial charge on any atom is 0.308 e. The van der Waals surface area contributed by atoms with Crippen molar-refractivity contribution in [3.05, 3.63) is 0 Å². The van der Waals surface area contributed by atoms with E-state index in [-0.39, 0.29) is 82.6 Å². The van der Waals surface area contributed by atoms with E-state index in [4.69, 9.17) is 38.3 Å². The van der Waals surface area contributed by atoms with E-state index in [1.165, 1.54) is 6.92 Å². The van der Waals surface area contributed by atoms with Crippen molar-refractivity contribution in [2.75, 3.05) is 6.61 Å². The monoisotopic (exact) mass is 776 g/mol. The van der Waals surface area contributed by atoms with Gasteiger partial charge in [0.25, 0.3) is 0 Å². The van der Waals surface area contributed by atoms with Crippen LogP contribution < -0.4 is 0 Å². The molecular weight excluding hydrogens is 716 g/mol. The van der Waals surface area contributed by atoms with E-state index >= 15 is 0 Å². The molecule has 4 heterocycles. The molecule has 0 bridgehead atoms. The molecule has 4 aliphatic heterocycles. The zero-order chi connectivity index (χ0) is 39.5. The van der Waals surface area contributed by atoms with E-state index < -0.39 is 60.3 Å². The van der Waals surface area contributed by atoms with Crippen molar-refractivity contribution in [1.82, 2.24) is 0 Å². The van der Waals surface area contributed by atoms with Crippen LogP contribution in [0.1, 0.15) is 113 Å². The fourth-order valence-corrected chi connectivity index (χ4v) is 15.1. The minimum Gasteiger partial charge on any atom is -0.481 e. The largest absolute Gasteiger partial charge is 0.481 e. The van der Waals surface area contributed by atoms with E-state index in [0.717, 1.165) is 44.9 Å². The van der Waals surface area contributed by atoms with Crippen LogP contribution in [0.4, 0.5) is 0 Å². The van der Waals surface area contributed by atoms with Crippen molar-refractivity contribution in [2.45, 2.75) is 179 Å². The van der Waals surface area contributed by atoms with Gasteiger partial charge in [0.05, 0.1) is 31.7 Å². The van der Waals surface area contributed by atoms with E-state index in [2.05, 4.69) is 34.6 Å². The molecule has 9 rings (SSSR count). The van der Waals surface area contributed by atoms with Gasteiger partial charge in [-0.25, -0.2) is 0 Å².